The van der Waals surface area contributed by atoms with Gasteiger partial charge < -0.3 is 5.32 Å². The molecule has 0 bridgehead atoms. The van der Waals surface area contributed by atoms with Crippen LogP contribution in [0.1, 0.15) is 25.3 Å². The Morgan fingerprint density at radius 1 is 1.19 bits per heavy atom. The fourth-order valence-corrected chi connectivity index (χ4v) is 4.76. The summed E-state index contributed by atoms with van der Waals surface area (Å²) in [6.07, 6.45) is 2.76. The van der Waals surface area contributed by atoms with Crippen molar-refractivity contribution in [2.45, 2.75) is 37.1 Å². The predicted molar refractivity (Wildman–Crippen MR) is 89.4 cm³/mol. The fourth-order valence-electron chi connectivity index (χ4n) is 2.35. The van der Waals surface area contributed by atoms with Crippen LogP contribution in [-0.4, -0.2) is 39.1 Å². The van der Waals surface area contributed by atoms with Gasteiger partial charge in [0.25, 0.3) is 0 Å². The first kappa shape index (κ1) is 16.8. The first-order valence-electron chi connectivity index (χ1n) is 7.51. The Balaban J connectivity index is 1.95. The molecule has 0 amide bonds. The van der Waals surface area contributed by atoms with Crippen LogP contribution in [0, 0.1) is 0 Å². The number of nitrogens with one attached hydrogen (secondary N) is 2. The van der Waals surface area contributed by atoms with Crippen LogP contribution >= 0.6 is 11.8 Å². The molecule has 1 aliphatic heterocycles. The molecule has 1 fully saturated rings. The van der Waals surface area contributed by atoms with Crippen molar-refractivity contribution in [2.75, 3.05) is 24.6 Å². The van der Waals surface area contributed by atoms with E-state index in [9.17, 15) is 8.42 Å². The number of hydrogen-bond acceptors (Lipinski definition) is 4. The average Bonchev–Trinajstić information content (AvgIpc) is 2.49. The van der Waals surface area contributed by atoms with E-state index in [1.165, 1.54) is 0 Å². The molecule has 0 radical (unpaired) electrons. The van der Waals surface area contributed by atoms with Crippen molar-refractivity contribution in [3.8, 4) is 0 Å². The Morgan fingerprint density at radius 3 is 2.48 bits per heavy atom. The largest absolute Gasteiger partial charge is 0.317 e. The molecule has 2 N–H and O–H groups in total. The minimum Gasteiger partial charge on any atom is -0.317 e. The lowest BCUT2D eigenvalue weighted by atomic mass is 10.1. The van der Waals surface area contributed by atoms with Gasteiger partial charge in [-0.05, 0) is 61.6 Å². The molecule has 1 aromatic carbocycles. The van der Waals surface area contributed by atoms with Gasteiger partial charge in [0.2, 0.25) is 10.0 Å². The summed E-state index contributed by atoms with van der Waals surface area (Å²) < 4.78 is 27.5. The summed E-state index contributed by atoms with van der Waals surface area (Å²) in [5.74, 6) is 2.08. The molecule has 0 aromatic heterocycles. The summed E-state index contributed by atoms with van der Waals surface area (Å²) in [6, 6.07) is 7.32. The number of rotatable bonds is 7. The van der Waals surface area contributed by atoms with Crippen molar-refractivity contribution >= 4 is 21.8 Å². The molecule has 1 aliphatic rings. The molecule has 1 aromatic rings. The molecule has 1 saturated heterocycles. The SMILES string of the molecule is CCNCCc1ccc(S(=O)(=O)NC2CCSCC2)cc1. The topological polar surface area (TPSA) is 58.2 Å². The molecule has 6 heteroatoms. The first-order valence-corrected chi connectivity index (χ1v) is 10.2. The highest BCUT2D eigenvalue weighted by Gasteiger charge is 2.21. The summed E-state index contributed by atoms with van der Waals surface area (Å²) in [4.78, 5) is 0.368. The summed E-state index contributed by atoms with van der Waals surface area (Å²) in [7, 11) is -3.38. The van der Waals surface area contributed by atoms with Crippen molar-refractivity contribution in [3.63, 3.8) is 0 Å². The Kier molecular flexibility index (Phi) is 6.54. The molecule has 2 rings (SSSR count). The number of thioether (sulfide) groups is 1. The van der Waals surface area contributed by atoms with Crippen LogP contribution in [-0.2, 0) is 16.4 Å². The Morgan fingerprint density at radius 2 is 1.86 bits per heavy atom. The molecular formula is C15H24N2O2S2. The highest BCUT2D eigenvalue weighted by Crippen LogP contribution is 2.19. The van der Waals surface area contributed by atoms with Gasteiger partial charge in [0.1, 0.15) is 0 Å². The minimum absolute atomic E-state index is 0.0877. The second-order valence-corrected chi connectivity index (χ2v) is 8.19. The van der Waals surface area contributed by atoms with Gasteiger partial charge in [-0.15, -0.1) is 0 Å². The fraction of sp³-hybridized carbons (Fsp3) is 0.600. The molecule has 21 heavy (non-hydrogen) atoms. The van der Waals surface area contributed by atoms with Crippen LogP contribution in [0.25, 0.3) is 0 Å². The summed E-state index contributed by atoms with van der Waals surface area (Å²) >= 11 is 1.89. The van der Waals surface area contributed by atoms with Gasteiger partial charge in [-0.3, -0.25) is 0 Å². The molecule has 0 saturated carbocycles. The quantitative estimate of drug-likeness (QED) is 0.752. The van der Waals surface area contributed by atoms with Crippen LogP contribution in [0.15, 0.2) is 29.2 Å². The van der Waals surface area contributed by atoms with Crippen LogP contribution in [0.3, 0.4) is 0 Å². The van der Waals surface area contributed by atoms with Gasteiger partial charge in [-0.1, -0.05) is 19.1 Å². The van der Waals surface area contributed by atoms with Gasteiger partial charge in [0, 0.05) is 6.04 Å². The van der Waals surface area contributed by atoms with E-state index in [0.717, 1.165) is 49.4 Å². The second kappa shape index (κ2) is 8.17. The van der Waals surface area contributed by atoms with Gasteiger partial charge in [0.05, 0.1) is 4.90 Å². The lowest BCUT2D eigenvalue weighted by Gasteiger charge is -2.22. The summed E-state index contributed by atoms with van der Waals surface area (Å²) in [5, 5.41) is 3.26. The molecule has 0 spiro atoms. The van der Waals surface area contributed by atoms with Gasteiger partial charge in [-0.2, -0.15) is 11.8 Å². The van der Waals surface area contributed by atoms with E-state index in [1.807, 2.05) is 23.9 Å². The zero-order valence-corrected chi connectivity index (χ0v) is 14.1. The molecule has 0 unspecified atom stereocenters. The monoisotopic (exact) mass is 328 g/mol. The molecule has 1 heterocycles. The number of sulfonamides is 1. The summed E-state index contributed by atoms with van der Waals surface area (Å²) in [6.45, 7) is 3.95. The molecule has 118 valence electrons. The van der Waals surface area contributed by atoms with E-state index in [0.29, 0.717) is 4.90 Å². The zero-order valence-electron chi connectivity index (χ0n) is 12.5. The van der Waals surface area contributed by atoms with Crippen molar-refractivity contribution in [1.82, 2.24) is 10.0 Å². The van der Waals surface area contributed by atoms with Gasteiger partial charge in [-0.25, -0.2) is 13.1 Å². The van der Waals surface area contributed by atoms with Crippen LogP contribution in [0.5, 0.6) is 0 Å². The van der Waals surface area contributed by atoms with Gasteiger partial charge >= 0.3 is 0 Å². The third-order valence-corrected chi connectivity index (χ3v) is 6.20. The van der Waals surface area contributed by atoms with E-state index in [-0.39, 0.29) is 6.04 Å². The van der Waals surface area contributed by atoms with Crippen molar-refractivity contribution in [1.29, 1.82) is 0 Å². The number of hydrogen-bond donors (Lipinski definition) is 2. The molecule has 4 nitrogen and oxygen atoms in total. The van der Waals surface area contributed by atoms with E-state index < -0.39 is 10.0 Å². The normalized spacial score (nSPS) is 17.0. The van der Waals surface area contributed by atoms with E-state index in [4.69, 9.17) is 0 Å². The maximum absolute atomic E-state index is 12.3. The number of benzene rings is 1. The average molecular weight is 329 g/mol. The smallest absolute Gasteiger partial charge is 0.240 e. The molecule has 0 atom stereocenters. The van der Waals surface area contributed by atoms with Crippen LogP contribution in [0.4, 0.5) is 0 Å². The second-order valence-electron chi connectivity index (χ2n) is 5.26. The first-order chi connectivity index (χ1) is 10.1. The Labute approximate surface area is 132 Å². The maximum atomic E-state index is 12.3. The van der Waals surface area contributed by atoms with Crippen LogP contribution in [0.2, 0.25) is 0 Å². The highest BCUT2D eigenvalue weighted by atomic mass is 32.2. The van der Waals surface area contributed by atoms with E-state index >= 15 is 0 Å². The third kappa shape index (κ3) is 5.29. The molecular weight excluding hydrogens is 304 g/mol. The zero-order chi connectivity index (χ0) is 15.1. The minimum atomic E-state index is -3.38. The highest BCUT2D eigenvalue weighted by molar-refractivity contribution is 7.99. The number of likely N-dealkylation sites (N-methyl/N-ethyl adjacent to an activating group) is 1. The standard InChI is InChI=1S/C15H24N2O2S2/c1-2-16-10-7-13-3-5-15(6-4-13)21(18,19)17-14-8-11-20-12-9-14/h3-6,14,16-17H,2,7-12H2,1H3. The third-order valence-electron chi connectivity index (χ3n) is 3.62. The van der Waals surface area contributed by atoms with Crippen molar-refractivity contribution in [2.24, 2.45) is 0 Å². The predicted octanol–water partition coefficient (Wildman–Crippen LogP) is 2.01. The van der Waals surface area contributed by atoms with Crippen molar-refractivity contribution in [3.05, 3.63) is 29.8 Å². The maximum Gasteiger partial charge on any atom is 0.240 e. The Bertz CT molecular complexity index is 523. The van der Waals surface area contributed by atoms with E-state index in [1.54, 1.807) is 12.1 Å². The summed E-state index contributed by atoms with van der Waals surface area (Å²) in [5.41, 5.74) is 1.16. The van der Waals surface area contributed by atoms with Gasteiger partial charge in [0.15, 0.2) is 0 Å². The van der Waals surface area contributed by atoms with E-state index in [2.05, 4.69) is 17.0 Å². The lowest BCUT2D eigenvalue weighted by Crippen LogP contribution is -2.37. The molecule has 0 aliphatic carbocycles. The Hall–Kier alpha value is -0.560. The lowest BCUT2D eigenvalue weighted by molar-refractivity contribution is 0.529. The van der Waals surface area contributed by atoms with Crippen molar-refractivity contribution < 1.29 is 8.42 Å². The van der Waals surface area contributed by atoms with Crippen LogP contribution < -0.4 is 10.0 Å².